The van der Waals surface area contributed by atoms with Crippen molar-refractivity contribution in [1.82, 2.24) is 19.6 Å². The molecule has 3 aromatic heterocycles. The number of benzene rings is 1. The molecule has 13 heteroatoms. The Bertz CT molecular complexity index is 1650. The highest BCUT2D eigenvalue weighted by atomic mass is 32.2. The molecule has 0 amide bonds. The van der Waals surface area contributed by atoms with Gasteiger partial charge in [0.25, 0.3) is 0 Å². The minimum Gasteiger partial charge on any atom is -0.396 e. The van der Waals surface area contributed by atoms with Crippen LogP contribution < -0.4 is 11.1 Å². The normalized spacial score (nSPS) is 21.1. The number of hydrogen-bond donors (Lipinski definition) is 3. The molecule has 5 rings (SSSR count). The Morgan fingerprint density at radius 2 is 1.93 bits per heavy atom. The van der Waals surface area contributed by atoms with Gasteiger partial charge in [-0.15, -0.1) is 0 Å². The lowest BCUT2D eigenvalue weighted by Crippen LogP contribution is -2.47. The number of nitrogens with zero attached hydrogens (tertiary/aromatic N) is 4. The number of sulfone groups is 1. The molecule has 3 heterocycles. The molecule has 1 aromatic carbocycles. The summed E-state index contributed by atoms with van der Waals surface area (Å²) in [6, 6.07) is 7.24. The topological polar surface area (TPSA) is 145 Å². The molecule has 1 aliphatic rings. The molecule has 0 spiro atoms. The fraction of sp³-hybridized carbons (Fsp3) is 0.414. The molecule has 4 atom stereocenters. The van der Waals surface area contributed by atoms with Crippen LogP contribution in [0.5, 0.6) is 0 Å². The van der Waals surface area contributed by atoms with E-state index < -0.39 is 21.5 Å². The molecule has 0 saturated heterocycles. The van der Waals surface area contributed by atoms with Crippen molar-refractivity contribution in [2.75, 3.05) is 30.5 Å². The summed E-state index contributed by atoms with van der Waals surface area (Å²) in [5.41, 5.74) is 9.00. The number of aromatic nitrogens is 4. The van der Waals surface area contributed by atoms with Crippen LogP contribution in [0.15, 0.2) is 48.9 Å². The number of pyridine rings is 1. The van der Waals surface area contributed by atoms with Crippen molar-refractivity contribution in [2.24, 2.45) is 11.7 Å². The zero-order valence-corrected chi connectivity index (χ0v) is 24.2. The number of imidazole rings is 1. The molecule has 4 N–H and O–H groups in total. The van der Waals surface area contributed by atoms with Crippen LogP contribution in [0.3, 0.4) is 0 Å². The Labute approximate surface area is 242 Å². The van der Waals surface area contributed by atoms with Crippen molar-refractivity contribution in [2.45, 2.75) is 44.2 Å². The molecule has 0 radical (unpaired) electrons. The zero-order chi connectivity index (χ0) is 30.0. The van der Waals surface area contributed by atoms with Crippen LogP contribution >= 0.6 is 0 Å². The van der Waals surface area contributed by atoms with E-state index in [9.17, 15) is 17.2 Å². The summed E-state index contributed by atoms with van der Waals surface area (Å²) in [4.78, 5) is 8.72. The lowest BCUT2D eigenvalue weighted by molar-refractivity contribution is -0.0152. The van der Waals surface area contributed by atoms with E-state index in [0.717, 1.165) is 12.0 Å². The number of ether oxygens (including phenoxy) is 1. The highest BCUT2D eigenvalue weighted by Gasteiger charge is 2.36. The van der Waals surface area contributed by atoms with E-state index in [1.54, 1.807) is 24.7 Å². The van der Waals surface area contributed by atoms with Gasteiger partial charge in [-0.05, 0) is 72.6 Å². The van der Waals surface area contributed by atoms with E-state index in [1.807, 2.05) is 13.0 Å². The van der Waals surface area contributed by atoms with E-state index >= 15 is 0 Å². The maximum Gasteiger partial charge on any atom is 0.229 e. The fourth-order valence-electron chi connectivity index (χ4n) is 5.67. The number of fused-ring (bicyclic) bond motifs is 1. The Hall–Kier alpha value is -3.52. The lowest BCUT2D eigenvalue weighted by Gasteiger charge is -2.39. The molecule has 1 saturated carbocycles. The van der Waals surface area contributed by atoms with Crippen molar-refractivity contribution < 1.29 is 27.0 Å². The number of aliphatic hydroxyl groups excluding tert-OH is 1. The minimum absolute atomic E-state index is 0.0485. The highest BCUT2D eigenvalue weighted by Crippen LogP contribution is 2.40. The molecule has 0 unspecified atom stereocenters. The van der Waals surface area contributed by atoms with Crippen molar-refractivity contribution in [3.8, 4) is 11.3 Å². The van der Waals surface area contributed by atoms with E-state index in [-0.39, 0.29) is 60.6 Å². The van der Waals surface area contributed by atoms with Crippen LogP contribution in [-0.4, -0.2) is 70.5 Å². The van der Waals surface area contributed by atoms with Crippen LogP contribution in [0, 0.1) is 17.6 Å². The van der Waals surface area contributed by atoms with Crippen LogP contribution in [-0.2, 0) is 21.0 Å². The highest BCUT2D eigenvalue weighted by molar-refractivity contribution is 7.90. The van der Waals surface area contributed by atoms with Crippen molar-refractivity contribution in [3.63, 3.8) is 0 Å². The van der Waals surface area contributed by atoms with Crippen molar-refractivity contribution in [1.29, 1.82) is 0 Å². The fourth-order valence-corrected chi connectivity index (χ4v) is 6.07. The Balaban J connectivity index is 1.38. The Morgan fingerprint density at radius 3 is 2.62 bits per heavy atom. The van der Waals surface area contributed by atoms with Gasteiger partial charge < -0.3 is 20.9 Å². The summed E-state index contributed by atoms with van der Waals surface area (Å²) in [5, 5.41) is 16.9. The van der Waals surface area contributed by atoms with Gasteiger partial charge in [0.05, 0.1) is 53.3 Å². The van der Waals surface area contributed by atoms with Gasteiger partial charge in [0, 0.05) is 25.1 Å². The smallest absolute Gasteiger partial charge is 0.229 e. The third-order valence-corrected chi connectivity index (χ3v) is 8.55. The number of nitrogens with two attached hydrogens (primary N) is 1. The summed E-state index contributed by atoms with van der Waals surface area (Å²) in [5.74, 6) is -1.08. The van der Waals surface area contributed by atoms with E-state index in [2.05, 4.69) is 20.4 Å². The van der Waals surface area contributed by atoms with E-state index in [4.69, 9.17) is 15.6 Å². The van der Waals surface area contributed by atoms with Gasteiger partial charge in [0.15, 0.2) is 0 Å². The third-order valence-electron chi connectivity index (χ3n) is 7.64. The molecular formula is C29H34F2N6O4S. The number of rotatable bonds is 10. The predicted octanol–water partition coefficient (Wildman–Crippen LogP) is 3.62. The van der Waals surface area contributed by atoms with Gasteiger partial charge in [0.2, 0.25) is 5.95 Å². The Morgan fingerprint density at radius 1 is 1.17 bits per heavy atom. The van der Waals surface area contributed by atoms with Crippen molar-refractivity contribution >= 4 is 27.0 Å². The summed E-state index contributed by atoms with van der Waals surface area (Å²) >= 11 is 0. The second kappa shape index (κ2) is 12.4. The average Bonchev–Trinajstić information content (AvgIpc) is 3.31. The minimum atomic E-state index is -3.13. The summed E-state index contributed by atoms with van der Waals surface area (Å²) in [6.07, 6.45) is 7.46. The van der Waals surface area contributed by atoms with Crippen LogP contribution in [0.2, 0.25) is 0 Å². The molecular weight excluding hydrogens is 566 g/mol. The second-order valence-corrected chi connectivity index (χ2v) is 13.2. The number of nitrogens with one attached hydrogen (secondary N) is 1. The second-order valence-electron chi connectivity index (χ2n) is 10.9. The zero-order valence-electron chi connectivity index (χ0n) is 23.4. The third kappa shape index (κ3) is 6.59. The number of halogens is 2. The maximum absolute atomic E-state index is 14.9. The van der Waals surface area contributed by atoms with Crippen LogP contribution in [0.4, 0.5) is 20.4 Å². The Kier molecular flexibility index (Phi) is 8.83. The first-order valence-electron chi connectivity index (χ1n) is 13.7. The van der Waals surface area contributed by atoms with Gasteiger partial charge in [0.1, 0.15) is 21.5 Å². The largest absolute Gasteiger partial charge is 0.396 e. The van der Waals surface area contributed by atoms with Crippen molar-refractivity contribution in [3.05, 3.63) is 71.7 Å². The summed E-state index contributed by atoms with van der Waals surface area (Å²) < 4.78 is 60.2. The standard InChI is InChI=1S/C29H34F2N6O4S/c1-17-11-19(14-24(32)28(17)41-9-10-42(2,39)40)21-5-7-33-16-26(21)35-29-34-15-20-3-4-25(36-37(20)29)27-22(30)12-18(6-8-38)13-23(27)31/h3-5,7,12-13,15-17,19,24,28,38H,6,8-11,14,32H2,1-2H3,(H,34,35)/t17-,19+,24+,28-/m0/s1. The molecule has 10 nitrogen and oxygen atoms in total. The van der Waals surface area contributed by atoms with Gasteiger partial charge in [-0.25, -0.2) is 22.2 Å². The van der Waals surface area contributed by atoms with Crippen LogP contribution in [0.1, 0.15) is 36.8 Å². The predicted molar refractivity (Wildman–Crippen MR) is 155 cm³/mol. The van der Waals surface area contributed by atoms with Crippen LogP contribution in [0.25, 0.3) is 16.8 Å². The monoisotopic (exact) mass is 600 g/mol. The first-order chi connectivity index (χ1) is 20.0. The molecule has 4 aromatic rings. The first kappa shape index (κ1) is 30.0. The van der Waals surface area contributed by atoms with Gasteiger partial charge >= 0.3 is 0 Å². The summed E-state index contributed by atoms with van der Waals surface area (Å²) in [6.45, 7) is 1.94. The van der Waals surface area contributed by atoms with E-state index in [1.165, 1.54) is 29.0 Å². The molecule has 0 bridgehead atoms. The molecule has 224 valence electrons. The van der Waals surface area contributed by atoms with Gasteiger partial charge in [-0.3, -0.25) is 4.98 Å². The first-order valence-corrected chi connectivity index (χ1v) is 15.8. The lowest BCUT2D eigenvalue weighted by atomic mass is 9.74. The summed E-state index contributed by atoms with van der Waals surface area (Å²) in [7, 11) is -3.13. The molecule has 42 heavy (non-hydrogen) atoms. The maximum atomic E-state index is 14.9. The molecule has 1 fully saturated rings. The quantitative estimate of drug-likeness (QED) is 0.249. The SMILES string of the molecule is C[C@H]1C[C@@H](c2ccncc2Nc2ncc3ccc(-c4c(F)cc(CCO)cc4F)nn23)C[C@@H](N)[C@H]1OCCS(C)(=O)=O. The van der Waals surface area contributed by atoms with Gasteiger partial charge in [-0.1, -0.05) is 6.92 Å². The number of hydrogen-bond acceptors (Lipinski definition) is 9. The van der Waals surface area contributed by atoms with E-state index in [0.29, 0.717) is 29.1 Å². The average molecular weight is 601 g/mol. The number of anilines is 2. The molecule has 1 aliphatic carbocycles. The van der Waals surface area contributed by atoms with Gasteiger partial charge in [-0.2, -0.15) is 9.61 Å². The molecule has 0 aliphatic heterocycles. The number of aliphatic hydroxyl groups is 1.